The predicted octanol–water partition coefficient (Wildman–Crippen LogP) is 17.8. The Labute approximate surface area is 379 Å². The topological polar surface area (TPSA) is 3.24 Å². The lowest BCUT2D eigenvalue weighted by molar-refractivity contribution is 1.28. The van der Waals surface area contributed by atoms with Crippen molar-refractivity contribution in [1.29, 1.82) is 0 Å². The fraction of sp³-hybridized carbons (Fsp3) is 0.0476. The molecule has 0 atom stereocenters. The molecule has 0 aromatic heterocycles. The van der Waals surface area contributed by atoms with Crippen LogP contribution in [0.2, 0.25) is 0 Å². The van der Waals surface area contributed by atoms with E-state index in [1.165, 1.54) is 83.5 Å². The molecule has 0 amide bonds. The van der Waals surface area contributed by atoms with E-state index in [2.05, 4.69) is 280 Å². The molecule has 9 rings (SSSR count). The zero-order valence-electron chi connectivity index (χ0n) is 36.7. The molecule has 0 bridgehead atoms. The van der Waals surface area contributed by atoms with Gasteiger partial charge in [0.2, 0.25) is 0 Å². The van der Waals surface area contributed by atoms with Crippen LogP contribution in [0.4, 0.5) is 17.1 Å². The zero-order chi connectivity index (χ0) is 43.7. The molecule has 9 aromatic carbocycles. The highest BCUT2D eigenvalue weighted by atomic mass is 15.1. The average molecular weight is 822 g/mol. The van der Waals surface area contributed by atoms with Crippen LogP contribution in [-0.2, 0) is 0 Å². The van der Waals surface area contributed by atoms with Gasteiger partial charge < -0.3 is 4.90 Å². The van der Waals surface area contributed by atoms with Gasteiger partial charge in [-0.2, -0.15) is 0 Å². The normalized spacial score (nSPS) is 12.0. The molecule has 1 nitrogen and oxygen atoms in total. The lowest BCUT2D eigenvalue weighted by atomic mass is 9.99. The van der Waals surface area contributed by atoms with Crippen molar-refractivity contribution in [3.8, 4) is 33.4 Å². The van der Waals surface area contributed by atoms with E-state index < -0.39 is 0 Å². The Balaban J connectivity index is 0.981. The molecule has 0 saturated carbocycles. The third-order valence-electron chi connectivity index (χ3n) is 11.9. The number of allylic oxidation sites excluding steroid dienone is 3. The highest BCUT2D eigenvalue weighted by Gasteiger charge is 2.14. The lowest BCUT2D eigenvalue weighted by Gasteiger charge is -2.26. The number of anilines is 3. The van der Waals surface area contributed by atoms with E-state index in [-0.39, 0.29) is 0 Å². The largest absolute Gasteiger partial charge is 0.311 e. The summed E-state index contributed by atoms with van der Waals surface area (Å²) in [6.07, 6.45) is 6.74. The number of nitrogens with zero attached hydrogens (tertiary/aromatic N) is 1. The first-order valence-electron chi connectivity index (χ1n) is 22.1. The summed E-state index contributed by atoms with van der Waals surface area (Å²) in [7, 11) is 0. The molecule has 0 heterocycles. The van der Waals surface area contributed by atoms with Crippen molar-refractivity contribution in [2.45, 2.75) is 20.8 Å². The highest BCUT2D eigenvalue weighted by molar-refractivity contribution is 5.85. The van der Waals surface area contributed by atoms with Crippen LogP contribution in [0.25, 0.3) is 68.3 Å². The minimum absolute atomic E-state index is 1.09. The van der Waals surface area contributed by atoms with E-state index in [0.29, 0.717) is 0 Å². The molecule has 1 heteroatoms. The number of hydrogen-bond donors (Lipinski definition) is 0. The number of hydrogen-bond acceptors (Lipinski definition) is 1. The van der Waals surface area contributed by atoms with Crippen molar-refractivity contribution in [3.05, 3.63) is 270 Å². The first-order valence-corrected chi connectivity index (χ1v) is 22.1. The van der Waals surface area contributed by atoms with Crippen LogP contribution in [-0.4, -0.2) is 0 Å². The van der Waals surface area contributed by atoms with Crippen LogP contribution in [0.15, 0.2) is 237 Å². The summed E-state index contributed by atoms with van der Waals surface area (Å²) < 4.78 is 0. The fourth-order valence-corrected chi connectivity index (χ4v) is 8.27. The molecule has 0 aliphatic rings. The molecule has 0 unspecified atom stereocenters. The summed E-state index contributed by atoms with van der Waals surface area (Å²) in [6, 6.07) is 85.0. The van der Waals surface area contributed by atoms with Gasteiger partial charge in [0.25, 0.3) is 0 Å². The summed E-state index contributed by atoms with van der Waals surface area (Å²) in [5.41, 5.74) is 21.4. The minimum Gasteiger partial charge on any atom is -0.311 e. The molecule has 9 aromatic rings. The monoisotopic (exact) mass is 821 g/mol. The predicted molar refractivity (Wildman–Crippen MR) is 277 cm³/mol. The van der Waals surface area contributed by atoms with Crippen LogP contribution < -0.4 is 4.90 Å². The Hall–Kier alpha value is -8.00. The van der Waals surface area contributed by atoms with Crippen LogP contribution in [0.3, 0.4) is 0 Å². The fourth-order valence-electron chi connectivity index (χ4n) is 8.27. The van der Waals surface area contributed by atoms with Gasteiger partial charge in [-0.15, -0.1) is 0 Å². The van der Waals surface area contributed by atoms with Gasteiger partial charge in [0.1, 0.15) is 0 Å². The highest BCUT2D eigenvalue weighted by Crippen LogP contribution is 2.38. The third kappa shape index (κ3) is 9.87. The Bertz CT molecular complexity index is 2670. The van der Waals surface area contributed by atoms with Crippen molar-refractivity contribution in [1.82, 2.24) is 0 Å². The maximum absolute atomic E-state index is 2.35. The molecular weight excluding hydrogens is 771 g/mol. The van der Waals surface area contributed by atoms with Gasteiger partial charge in [-0.05, 0) is 141 Å². The molecule has 64 heavy (non-hydrogen) atoms. The quantitative estimate of drug-likeness (QED) is 0.111. The van der Waals surface area contributed by atoms with E-state index in [4.69, 9.17) is 0 Å². The van der Waals surface area contributed by atoms with E-state index >= 15 is 0 Å². The van der Waals surface area contributed by atoms with Gasteiger partial charge in [-0.1, -0.05) is 218 Å². The molecule has 0 aliphatic carbocycles. The molecule has 0 N–H and O–H groups in total. The van der Waals surface area contributed by atoms with Crippen molar-refractivity contribution in [2.75, 3.05) is 4.90 Å². The standard InChI is InChI=1S/C63H51N/c1-46(52-13-7-4-8-14-52)43-49-19-25-55(26-20-49)58-31-37-61(38-32-58)64(62-39-33-59(34-40-62)56-27-21-50(22-28-56)44-47(2)53-15-9-5-10-16-53)63-41-35-60(36-42-63)57-29-23-51(24-30-57)45-48(3)54-17-11-6-12-18-54/h4-45H,1-3H3/b46-43+,47-44+,48-45+. The van der Waals surface area contributed by atoms with Crippen molar-refractivity contribution < 1.29 is 0 Å². The van der Waals surface area contributed by atoms with Crippen molar-refractivity contribution in [3.63, 3.8) is 0 Å². The third-order valence-corrected chi connectivity index (χ3v) is 11.9. The van der Waals surface area contributed by atoms with Crippen molar-refractivity contribution in [2.24, 2.45) is 0 Å². The van der Waals surface area contributed by atoms with E-state index in [1.807, 2.05) is 0 Å². The Morgan fingerprint density at radius 3 is 0.672 bits per heavy atom. The zero-order valence-corrected chi connectivity index (χ0v) is 36.7. The molecular formula is C63H51N. The van der Waals surface area contributed by atoms with Crippen LogP contribution >= 0.6 is 0 Å². The Kier molecular flexibility index (Phi) is 12.5. The second-order valence-corrected chi connectivity index (χ2v) is 16.4. The summed E-state index contributed by atoms with van der Waals surface area (Å²) in [4.78, 5) is 2.35. The maximum Gasteiger partial charge on any atom is 0.0462 e. The molecule has 0 radical (unpaired) electrons. The number of benzene rings is 9. The van der Waals surface area contributed by atoms with E-state index in [0.717, 1.165) is 17.1 Å². The van der Waals surface area contributed by atoms with Crippen LogP contribution in [0.1, 0.15) is 54.2 Å². The van der Waals surface area contributed by atoms with Crippen LogP contribution in [0, 0.1) is 0 Å². The van der Waals surface area contributed by atoms with E-state index in [1.54, 1.807) is 0 Å². The molecule has 0 aliphatic heterocycles. The first kappa shape index (κ1) is 41.4. The summed E-state index contributed by atoms with van der Waals surface area (Å²) in [6.45, 7) is 6.51. The summed E-state index contributed by atoms with van der Waals surface area (Å²) in [5, 5.41) is 0. The molecule has 0 saturated heterocycles. The average Bonchev–Trinajstić information content (AvgIpc) is 3.36. The van der Waals surface area contributed by atoms with Crippen molar-refractivity contribution >= 4 is 52.0 Å². The lowest BCUT2D eigenvalue weighted by Crippen LogP contribution is -2.09. The van der Waals surface area contributed by atoms with Crippen LogP contribution in [0.5, 0.6) is 0 Å². The molecule has 0 fully saturated rings. The van der Waals surface area contributed by atoms with Gasteiger partial charge in [0, 0.05) is 17.1 Å². The van der Waals surface area contributed by atoms with E-state index in [9.17, 15) is 0 Å². The smallest absolute Gasteiger partial charge is 0.0462 e. The summed E-state index contributed by atoms with van der Waals surface area (Å²) >= 11 is 0. The SMILES string of the molecule is C/C(=C\c1ccc(-c2ccc(N(c3ccc(-c4ccc(/C=C(\C)c5ccccc5)cc4)cc3)c3ccc(-c4ccc(/C=C(\C)c5ccccc5)cc4)cc3)cc2)cc1)c1ccccc1. The van der Waals surface area contributed by atoms with Gasteiger partial charge in [0.15, 0.2) is 0 Å². The molecule has 0 spiro atoms. The van der Waals surface area contributed by atoms with Gasteiger partial charge >= 0.3 is 0 Å². The number of rotatable bonds is 12. The first-order chi connectivity index (χ1) is 31.4. The minimum atomic E-state index is 1.09. The second-order valence-electron chi connectivity index (χ2n) is 16.4. The molecule has 308 valence electrons. The van der Waals surface area contributed by atoms with Gasteiger partial charge in [-0.25, -0.2) is 0 Å². The summed E-state index contributed by atoms with van der Waals surface area (Å²) in [5.74, 6) is 0. The van der Waals surface area contributed by atoms with Gasteiger partial charge in [0.05, 0.1) is 0 Å². The van der Waals surface area contributed by atoms with Gasteiger partial charge in [-0.3, -0.25) is 0 Å². The second kappa shape index (κ2) is 19.4. The Morgan fingerprint density at radius 2 is 0.453 bits per heavy atom. The maximum atomic E-state index is 2.35. The Morgan fingerprint density at radius 1 is 0.250 bits per heavy atom.